The van der Waals surface area contributed by atoms with E-state index in [4.69, 9.17) is 5.21 Å². The van der Waals surface area contributed by atoms with E-state index in [-0.39, 0.29) is 5.71 Å². The molecule has 17 heavy (non-hydrogen) atoms. The van der Waals surface area contributed by atoms with Crippen molar-refractivity contribution in [1.29, 1.82) is 0 Å². The Kier molecular flexibility index (Phi) is 3.20. The standard InChI is InChI=1S/C12H13N3O2/c1-15-8-10(7-13-15)11(14-17)12(16)9-5-3-2-4-6-9/h2-8,12,16-17H,1H3/b14-11-. The van der Waals surface area contributed by atoms with E-state index in [1.54, 1.807) is 36.3 Å². The quantitative estimate of drug-likeness (QED) is 0.475. The first-order valence-electron chi connectivity index (χ1n) is 5.16. The Hall–Kier alpha value is -2.14. The van der Waals surface area contributed by atoms with Gasteiger partial charge in [-0.15, -0.1) is 0 Å². The predicted molar refractivity (Wildman–Crippen MR) is 62.9 cm³/mol. The Morgan fingerprint density at radius 3 is 2.59 bits per heavy atom. The summed E-state index contributed by atoms with van der Waals surface area (Å²) in [6.45, 7) is 0. The fraction of sp³-hybridized carbons (Fsp3) is 0.167. The second kappa shape index (κ2) is 4.80. The first-order valence-corrected chi connectivity index (χ1v) is 5.16. The summed E-state index contributed by atoms with van der Waals surface area (Å²) < 4.78 is 1.58. The van der Waals surface area contributed by atoms with E-state index < -0.39 is 6.10 Å². The van der Waals surface area contributed by atoms with Crippen LogP contribution in [0.1, 0.15) is 17.2 Å². The number of hydrogen-bond donors (Lipinski definition) is 2. The average Bonchev–Trinajstić information content (AvgIpc) is 2.78. The minimum atomic E-state index is -0.967. The fourth-order valence-electron chi connectivity index (χ4n) is 1.62. The molecule has 0 aliphatic rings. The molecule has 5 nitrogen and oxygen atoms in total. The molecule has 0 saturated carbocycles. The van der Waals surface area contributed by atoms with Gasteiger partial charge in [-0.3, -0.25) is 4.68 Å². The molecule has 0 aliphatic heterocycles. The highest BCUT2D eigenvalue weighted by Gasteiger charge is 2.18. The zero-order valence-electron chi connectivity index (χ0n) is 9.35. The van der Waals surface area contributed by atoms with Crippen LogP contribution in [-0.4, -0.2) is 25.8 Å². The summed E-state index contributed by atoms with van der Waals surface area (Å²) in [5.74, 6) is 0. The Bertz CT molecular complexity index is 520. The second-order valence-electron chi connectivity index (χ2n) is 3.70. The van der Waals surface area contributed by atoms with Gasteiger partial charge in [0.2, 0.25) is 0 Å². The molecule has 1 unspecified atom stereocenters. The Labute approximate surface area is 98.6 Å². The van der Waals surface area contributed by atoms with Crippen molar-refractivity contribution in [1.82, 2.24) is 9.78 Å². The maximum Gasteiger partial charge on any atom is 0.125 e. The zero-order valence-corrected chi connectivity index (χ0v) is 9.35. The number of oxime groups is 1. The highest BCUT2D eigenvalue weighted by Crippen LogP contribution is 2.18. The number of hydrogen-bond acceptors (Lipinski definition) is 4. The summed E-state index contributed by atoms with van der Waals surface area (Å²) in [6.07, 6.45) is 2.26. The summed E-state index contributed by atoms with van der Waals surface area (Å²) in [5.41, 5.74) is 1.44. The molecule has 0 aliphatic carbocycles. The van der Waals surface area contributed by atoms with Crippen molar-refractivity contribution >= 4 is 5.71 Å². The highest BCUT2D eigenvalue weighted by molar-refractivity contribution is 6.03. The molecule has 1 atom stereocenters. The van der Waals surface area contributed by atoms with Crippen LogP contribution in [0.2, 0.25) is 0 Å². The van der Waals surface area contributed by atoms with Gasteiger partial charge in [0.25, 0.3) is 0 Å². The summed E-state index contributed by atoms with van der Waals surface area (Å²) in [6, 6.07) is 9.03. The molecule has 0 saturated heterocycles. The van der Waals surface area contributed by atoms with Crippen molar-refractivity contribution in [3.8, 4) is 0 Å². The van der Waals surface area contributed by atoms with Gasteiger partial charge in [0.05, 0.1) is 6.20 Å². The SMILES string of the molecule is Cn1cc(/C(=N/O)C(O)c2ccccc2)cn1. The van der Waals surface area contributed by atoms with Gasteiger partial charge in [-0.25, -0.2) is 0 Å². The Morgan fingerprint density at radius 1 is 1.35 bits per heavy atom. The van der Waals surface area contributed by atoms with E-state index in [1.807, 2.05) is 18.2 Å². The van der Waals surface area contributed by atoms with Crippen LogP contribution in [0.4, 0.5) is 0 Å². The van der Waals surface area contributed by atoms with Crippen molar-refractivity contribution in [2.75, 3.05) is 0 Å². The van der Waals surface area contributed by atoms with E-state index in [1.165, 1.54) is 0 Å². The van der Waals surface area contributed by atoms with Gasteiger partial charge in [-0.05, 0) is 5.56 Å². The number of aliphatic hydroxyl groups excluding tert-OH is 1. The van der Waals surface area contributed by atoms with E-state index >= 15 is 0 Å². The summed E-state index contributed by atoms with van der Waals surface area (Å²) in [5, 5.41) is 26.3. The maximum absolute atomic E-state index is 10.1. The molecule has 0 bridgehead atoms. The molecule has 5 heteroatoms. The molecule has 1 aromatic carbocycles. The van der Waals surface area contributed by atoms with E-state index in [2.05, 4.69) is 10.3 Å². The third kappa shape index (κ3) is 2.34. The van der Waals surface area contributed by atoms with Gasteiger partial charge in [0.15, 0.2) is 0 Å². The monoisotopic (exact) mass is 231 g/mol. The molecule has 88 valence electrons. The molecule has 2 rings (SSSR count). The smallest absolute Gasteiger partial charge is 0.125 e. The van der Waals surface area contributed by atoms with Crippen LogP contribution >= 0.6 is 0 Å². The molecular weight excluding hydrogens is 218 g/mol. The van der Waals surface area contributed by atoms with Crippen molar-refractivity contribution < 1.29 is 10.3 Å². The van der Waals surface area contributed by atoms with Gasteiger partial charge in [-0.2, -0.15) is 5.10 Å². The topological polar surface area (TPSA) is 70.6 Å². The minimum Gasteiger partial charge on any atom is -0.411 e. The average molecular weight is 231 g/mol. The maximum atomic E-state index is 10.1. The Morgan fingerprint density at radius 2 is 2.06 bits per heavy atom. The molecule has 0 spiro atoms. The molecule has 2 N–H and O–H groups in total. The number of benzene rings is 1. The van der Waals surface area contributed by atoms with Gasteiger partial charge in [0, 0.05) is 18.8 Å². The van der Waals surface area contributed by atoms with Crippen molar-refractivity contribution in [2.45, 2.75) is 6.10 Å². The molecule has 1 heterocycles. The van der Waals surface area contributed by atoms with Gasteiger partial charge in [-0.1, -0.05) is 35.5 Å². The number of nitrogens with zero attached hydrogens (tertiary/aromatic N) is 3. The zero-order chi connectivity index (χ0) is 12.3. The van der Waals surface area contributed by atoms with Crippen LogP contribution in [-0.2, 0) is 7.05 Å². The number of rotatable bonds is 3. The van der Waals surface area contributed by atoms with E-state index in [9.17, 15) is 5.11 Å². The van der Waals surface area contributed by atoms with Crippen molar-refractivity contribution in [3.05, 3.63) is 53.9 Å². The summed E-state index contributed by atoms with van der Waals surface area (Å²) >= 11 is 0. The first-order chi connectivity index (χ1) is 8.22. The van der Waals surface area contributed by atoms with Crippen LogP contribution in [0, 0.1) is 0 Å². The molecule has 0 radical (unpaired) electrons. The largest absolute Gasteiger partial charge is 0.411 e. The highest BCUT2D eigenvalue weighted by atomic mass is 16.4. The number of aliphatic hydroxyl groups is 1. The molecule has 2 aromatic rings. The first kappa shape index (κ1) is 11.3. The summed E-state index contributed by atoms with van der Waals surface area (Å²) in [4.78, 5) is 0. The third-order valence-electron chi connectivity index (χ3n) is 2.48. The lowest BCUT2D eigenvalue weighted by Crippen LogP contribution is -2.13. The predicted octanol–water partition coefficient (Wildman–Crippen LogP) is 1.33. The van der Waals surface area contributed by atoms with E-state index in [0.717, 1.165) is 0 Å². The van der Waals surface area contributed by atoms with Crippen molar-refractivity contribution in [2.24, 2.45) is 12.2 Å². The van der Waals surface area contributed by atoms with Gasteiger partial charge in [0.1, 0.15) is 11.8 Å². The van der Waals surface area contributed by atoms with E-state index in [0.29, 0.717) is 11.1 Å². The molecule has 1 aromatic heterocycles. The molecule has 0 fully saturated rings. The lowest BCUT2D eigenvalue weighted by atomic mass is 10.0. The lowest BCUT2D eigenvalue weighted by Gasteiger charge is -2.10. The van der Waals surface area contributed by atoms with Crippen LogP contribution < -0.4 is 0 Å². The Balaban J connectivity index is 2.32. The van der Waals surface area contributed by atoms with Gasteiger partial charge >= 0.3 is 0 Å². The minimum absolute atomic E-state index is 0.185. The lowest BCUT2D eigenvalue weighted by molar-refractivity contribution is 0.235. The number of aryl methyl sites for hydroxylation is 1. The van der Waals surface area contributed by atoms with Crippen LogP contribution in [0.15, 0.2) is 47.9 Å². The number of aromatic nitrogens is 2. The van der Waals surface area contributed by atoms with Crippen LogP contribution in [0.25, 0.3) is 0 Å². The van der Waals surface area contributed by atoms with Gasteiger partial charge < -0.3 is 10.3 Å². The van der Waals surface area contributed by atoms with Crippen LogP contribution in [0.3, 0.4) is 0 Å². The van der Waals surface area contributed by atoms with Crippen molar-refractivity contribution in [3.63, 3.8) is 0 Å². The normalized spacial score (nSPS) is 13.6. The third-order valence-corrected chi connectivity index (χ3v) is 2.48. The molecular formula is C12H13N3O2. The fourth-order valence-corrected chi connectivity index (χ4v) is 1.62. The van der Waals surface area contributed by atoms with Crippen LogP contribution in [0.5, 0.6) is 0 Å². The summed E-state index contributed by atoms with van der Waals surface area (Å²) in [7, 11) is 1.76. The molecule has 0 amide bonds. The second-order valence-corrected chi connectivity index (χ2v) is 3.70.